The molecular weight excluding hydrogens is 391 g/mol. The lowest BCUT2D eigenvalue weighted by Gasteiger charge is -2.27. The Morgan fingerprint density at radius 2 is 2.11 bits per heavy atom. The van der Waals surface area contributed by atoms with Crippen molar-refractivity contribution in [3.63, 3.8) is 0 Å². The third kappa shape index (κ3) is 3.91. The average Bonchev–Trinajstić information content (AvgIpc) is 2.35. The van der Waals surface area contributed by atoms with Crippen LogP contribution in [0.4, 0.5) is 0 Å². The summed E-state index contributed by atoms with van der Waals surface area (Å²) in [5.41, 5.74) is 0.974. The zero-order valence-electron chi connectivity index (χ0n) is 11.4. The van der Waals surface area contributed by atoms with E-state index in [0.717, 1.165) is 27.3 Å². The molecule has 0 aromatic carbocycles. The maximum absolute atomic E-state index is 12.1. The van der Waals surface area contributed by atoms with E-state index in [9.17, 15) is 4.79 Å². The van der Waals surface area contributed by atoms with Crippen molar-refractivity contribution in [3.05, 3.63) is 25.4 Å². The van der Waals surface area contributed by atoms with Crippen molar-refractivity contribution < 1.29 is 0 Å². The van der Waals surface area contributed by atoms with Gasteiger partial charge in [-0.15, -0.1) is 11.8 Å². The summed E-state index contributed by atoms with van der Waals surface area (Å²) in [4.78, 5) is 19.8. The predicted octanol–water partition coefficient (Wildman–Crippen LogP) is 3.48. The van der Waals surface area contributed by atoms with Crippen LogP contribution in [-0.4, -0.2) is 26.7 Å². The fourth-order valence-corrected chi connectivity index (χ4v) is 5.30. The van der Waals surface area contributed by atoms with Gasteiger partial charge >= 0.3 is 0 Å². The molecule has 6 heteroatoms. The number of H-pyrrole nitrogens is 1. The van der Waals surface area contributed by atoms with Gasteiger partial charge in [0.05, 0.1) is 14.5 Å². The number of hydrogen-bond acceptors (Lipinski definition) is 4. The Bertz CT molecular complexity index is 504. The van der Waals surface area contributed by atoms with Gasteiger partial charge in [0.1, 0.15) is 5.82 Å². The molecule has 2 atom stereocenters. The highest BCUT2D eigenvalue weighted by Crippen LogP contribution is 2.40. The fraction of sp³-hybridized carbons (Fsp3) is 0.692. The van der Waals surface area contributed by atoms with Gasteiger partial charge in [0.25, 0.3) is 5.56 Å². The molecule has 3 nitrogen and oxygen atoms in total. The van der Waals surface area contributed by atoms with Crippen molar-refractivity contribution in [3.8, 4) is 0 Å². The van der Waals surface area contributed by atoms with Crippen LogP contribution in [0, 0.1) is 9.49 Å². The quantitative estimate of drug-likeness (QED) is 0.776. The molecule has 19 heavy (non-hydrogen) atoms. The molecule has 1 N–H and O–H groups in total. The summed E-state index contributed by atoms with van der Waals surface area (Å²) in [5.74, 6) is 3.71. The van der Waals surface area contributed by atoms with Crippen LogP contribution in [0.15, 0.2) is 4.79 Å². The van der Waals surface area contributed by atoms with Gasteiger partial charge in [-0.05, 0) is 34.9 Å². The third-order valence-electron chi connectivity index (χ3n) is 3.01. The Kier molecular flexibility index (Phi) is 5.65. The maximum Gasteiger partial charge on any atom is 0.264 e. The highest BCUT2D eigenvalue weighted by Gasteiger charge is 2.27. The summed E-state index contributed by atoms with van der Waals surface area (Å²) in [6, 6.07) is 0. The fourth-order valence-electron chi connectivity index (χ4n) is 2.11. The molecule has 0 radical (unpaired) electrons. The Balaban J connectivity index is 2.35. The molecule has 2 unspecified atom stereocenters. The van der Waals surface area contributed by atoms with E-state index in [1.165, 1.54) is 5.75 Å². The standard InChI is InChI=1S/C13H19IN2OS2/c1-7(2)6-9-10(14)13(17)16-12(15-9)11-8(3)18-4-5-19-11/h7-8,11H,4-6H2,1-3H3,(H,15,16,17). The molecule has 106 valence electrons. The molecule has 0 aliphatic carbocycles. The second-order valence-electron chi connectivity index (χ2n) is 5.18. The van der Waals surface area contributed by atoms with Gasteiger partial charge in [0.2, 0.25) is 0 Å². The van der Waals surface area contributed by atoms with Crippen LogP contribution >= 0.6 is 46.1 Å². The lowest BCUT2D eigenvalue weighted by Crippen LogP contribution is -2.25. The number of nitrogens with one attached hydrogen (secondary N) is 1. The van der Waals surface area contributed by atoms with Crippen LogP contribution in [0.3, 0.4) is 0 Å². The summed E-state index contributed by atoms with van der Waals surface area (Å²) in [7, 11) is 0. The predicted molar refractivity (Wildman–Crippen MR) is 93.2 cm³/mol. The summed E-state index contributed by atoms with van der Waals surface area (Å²) in [5, 5.41) is 0.822. The van der Waals surface area contributed by atoms with Crippen molar-refractivity contribution >= 4 is 46.1 Å². The van der Waals surface area contributed by atoms with Crippen LogP contribution < -0.4 is 5.56 Å². The number of rotatable bonds is 3. The van der Waals surface area contributed by atoms with Crippen LogP contribution in [0.5, 0.6) is 0 Å². The van der Waals surface area contributed by atoms with Crippen molar-refractivity contribution in [2.75, 3.05) is 11.5 Å². The van der Waals surface area contributed by atoms with E-state index >= 15 is 0 Å². The van der Waals surface area contributed by atoms with Gasteiger partial charge in [0.15, 0.2) is 0 Å². The van der Waals surface area contributed by atoms with Gasteiger partial charge in [-0.2, -0.15) is 11.8 Å². The zero-order valence-corrected chi connectivity index (χ0v) is 15.2. The number of aromatic amines is 1. The summed E-state index contributed by atoms with van der Waals surface area (Å²) >= 11 is 5.99. The van der Waals surface area contributed by atoms with E-state index in [0.29, 0.717) is 16.4 Å². The molecule has 1 aromatic rings. The van der Waals surface area contributed by atoms with Crippen molar-refractivity contribution in [2.24, 2.45) is 5.92 Å². The largest absolute Gasteiger partial charge is 0.309 e. The summed E-state index contributed by atoms with van der Waals surface area (Å²) < 4.78 is 0.746. The first kappa shape index (κ1) is 15.7. The van der Waals surface area contributed by atoms with E-state index < -0.39 is 0 Å². The molecule has 1 saturated heterocycles. The minimum absolute atomic E-state index is 0.0182. The van der Waals surface area contributed by atoms with Gasteiger partial charge in [-0.3, -0.25) is 4.79 Å². The number of nitrogens with zero attached hydrogens (tertiary/aromatic N) is 1. The maximum atomic E-state index is 12.1. The monoisotopic (exact) mass is 410 g/mol. The molecule has 1 aliphatic rings. The van der Waals surface area contributed by atoms with Gasteiger partial charge in [-0.25, -0.2) is 4.98 Å². The molecule has 1 aromatic heterocycles. The Morgan fingerprint density at radius 3 is 2.74 bits per heavy atom. The van der Waals surface area contributed by atoms with E-state index in [1.807, 2.05) is 23.5 Å². The third-order valence-corrected chi connectivity index (χ3v) is 7.22. The average molecular weight is 410 g/mol. The highest BCUT2D eigenvalue weighted by atomic mass is 127. The second kappa shape index (κ2) is 6.85. The van der Waals surface area contributed by atoms with Crippen LogP contribution in [0.1, 0.15) is 37.5 Å². The Morgan fingerprint density at radius 1 is 1.42 bits per heavy atom. The van der Waals surface area contributed by atoms with E-state index in [4.69, 9.17) is 4.98 Å². The first-order valence-electron chi connectivity index (χ1n) is 6.50. The summed E-state index contributed by atoms with van der Waals surface area (Å²) in [6.45, 7) is 6.54. The van der Waals surface area contributed by atoms with Crippen LogP contribution in [0.2, 0.25) is 0 Å². The Labute approximate surface area is 136 Å². The van der Waals surface area contributed by atoms with E-state index in [2.05, 4.69) is 48.3 Å². The molecule has 0 amide bonds. The highest BCUT2D eigenvalue weighted by molar-refractivity contribution is 14.1. The lowest BCUT2D eigenvalue weighted by molar-refractivity contribution is 0.624. The molecule has 2 rings (SSSR count). The van der Waals surface area contributed by atoms with Crippen LogP contribution in [-0.2, 0) is 6.42 Å². The number of hydrogen-bond donors (Lipinski definition) is 1. The topological polar surface area (TPSA) is 45.8 Å². The minimum Gasteiger partial charge on any atom is -0.309 e. The van der Waals surface area contributed by atoms with E-state index in [1.54, 1.807) is 0 Å². The molecular formula is C13H19IN2OS2. The molecule has 1 aliphatic heterocycles. The second-order valence-corrected chi connectivity index (χ2v) is 8.99. The van der Waals surface area contributed by atoms with Crippen molar-refractivity contribution in [1.29, 1.82) is 0 Å². The first-order valence-corrected chi connectivity index (χ1v) is 9.68. The lowest BCUT2D eigenvalue weighted by atomic mass is 10.1. The minimum atomic E-state index is 0.0182. The van der Waals surface area contributed by atoms with E-state index in [-0.39, 0.29) is 5.56 Å². The molecule has 0 saturated carbocycles. The molecule has 1 fully saturated rings. The number of aromatic nitrogens is 2. The number of halogens is 1. The molecule has 0 bridgehead atoms. The van der Waals surface area contributed by atoms with Gasteiger partial charge in [0, 0.05) is 16.8 Å². The van der Waals surface area contributed by atoms with Crippen molar-refractivity contribution in [2.45, 2.75) is 37.7 Å². The number of thioether (sulfide) groups is 2. The Hall–Kier alpha value is 0.310. The zero-order chi connectivity index (χ0) is 14.0. The normalized spacial score (nSPS) is 23.8. The molecule has 2 heterocycles. The smallest absolute Gasteiger partial charge is 0.264 e. The molecule has 0 spiro atoms. The van der Waals surface area contributed by atoms with Crippen molar-refractivity contribution in [1.82, 2.24) is 9.97 Å². The van der Waals surface area contributed by atoms with Crippen LogP contribution in [0.25, 0.3) is 0 Å². The van der Waals surface area contributed by atoms with Gasteiger partial charge < -0.3 is 4.98 Å². The van der Waals surface area contributed by atoms with Gasteiger partial charge in [-0.1, -0.05) is 20.8 Å². The SMILES string of the molecule is CC(C)Cc1nc(C2SCCSC2C)[nH]c(=O)c1I. The first-order chi connectivity index (χ1) is 8.99. The summed E-state index contributed by atoms with van der Waals surface area (Å²) in [6.07, 6.45) is 0.869.